The van der Waals surface area contributed by atoms with Gasteiger partial charge in [0.05, 0.1) is 6.54 Å². The highest BCUT2D eigenvalue weighted by atomic mass is 15.0. The lowest BCUT2D eigenvalue weighted by Crippen LogP contribution is -2.21. The zero-order valence-corrected chi connectivity index (χ0v) is 10.9. The topological polar surface area (TPSA) is 40.7 Å². The number of unbranched alkanes of at least 4 members (excludes halogenated alkanes) is 1. The van der Waals surface area contributed by atoms with Crippen molar-refractivity contribution in [3.05, 3.63) is 54.1 Å². The van der Waals surface area contributed by atoms with Crippen molar-refractivity contribution >= 4 is 0 Å². The van der Waals surface area contributed by atoms with Crippen LogP contribution < -0.4 is 5.32 Å². The van der Waals surface area contributed by atoms with Crippen LogP contribution in [0.4, 0.5) is 0 Å². The molecule has 3 nitrogen and oxygen atoms in total. The Balaban J connectivity index is 1.96. The summed E-state index contributed by atoms with van der Waals surface area (Å²) in [6.07, 6.45) is 7.29. The Morgan fingerprint density at radius 3 is 2.78 bits per heavy atom. The highest BCUT2D eigenvalue weighted by Gasteiger charge is 2.10. The number of H-pyrrole nitrogens is 1. The molecule has 96 valence electrons. The van der Waals surface area contributed by atoms with Crippen LogP contribution in [-0.2, 0) is 6.54 Å². The predicted molar refractivity (Wildman–Crippen MR) is 74.1 cm³/mol. The van der Waals surface area contributed by atoms with E-state index in [4.69, 9.17) is 0 Å². The zero-order chi connectivity index (χ0) is 12.6. The van der Waals surface area contributed by atoms with Gasteiger partial charge >= 0.3 is 0 Å². The number of imidazole rings is 1. The van der Waals surface area contributed by atoms with E-state index in [2.05, 4.69) is 52.5 Å². The van der Waals surface area contributed by atoms with Gasteiger partial charge in [-0.2, -0.15) is 0 Å². The third kappa shape index (κ3) is 3.70. The molecule has 1 aromatic carbocycles. The SMILES string of the molecule is CCCCC(NCc1ncc[nH]1)c1ccccc1. The van der Waals surface area contributed by atoms with E-state index in [1.807, 2.05) is 6.20 Å². The first-order valence-corrected chi connectivity index (χ1v) is 6.66. The molecule has 2 rings (SSSR count). The highest BCUT2D eigenvalue weighted by Crippen LogP contribution is 2.19. The fourth-order valence-electron chi connectivity index (χ4n) is 2.09. The standard InChI is InChI=1S/C15H21N3/c1-2-3-9-14(13-7-5-4-6-8-13)18-12-15-16-10-11-17-15/h4-8,10-11,14,18H,2-3,9,12H2,1H3,(H,16,17). The lowest BCUT2D eigenvalue weighted by Gasteiger charge is -2.18. The molecule has 0 aliphatic carbocycles. The number of rotatable bonds is 7. The number of aromatic amines is 1. The summed E-state index contributed by atoms with van der Waals surface area (Å²) < 4.78 is 0. The molecule has 18 heavy (non-hydrogen) atoms. The largest absolute Gasteiger partial charge is 0.348 e. The van der Waals surface area contributed by atoms with Crippen LogP contribution in [0.15, 0.2) is 42.7 Å². The van der Waals surface area contributed by atoms with Gasteiger partial charge < -0.3 is 10.3 Å². The maximum atomic E-state index is 4.24. The third-order valence-corrected chi connectivity index (χ3v) is 3.12. The fourth-order valence-corrected chi connectivity index (χ4v) is 2.09. The molecule has 0 saturated carbocycles. The predicted octanol–water partition coefficient (Wildman–Crippen LogP) is 3.43. The molecule has 0 saturated heterocycles. The smallest absolute Gasteiger partial charge is 0.120 e. The average Bonchev–Trinajstić information content (AvgIpc) is 2.93. The van der Waals surface area contributed by atoms with Gasteiger partial charge in [0.25, 0.3) is 0 Å². The molecule has 1 unspecified atom stereocenters. The summed E-state index contributed by atoms with van der Waals surface area (Å²) in [5.74, 6) is 0.993. The molecule has 0 radical (unpaired) electrons. The quantitative estimate of drug-likeness (QED) is 0.782. The van der Waals surface area contributed by atoms with Gasteiger partial charge in [0.2, 0.25) is 0 Å². The molecule has 1 atom stereocenters. The summed E-state index contributed by atoms with van der Waals surface area (Å²) in [6.45, 7) is 3.02. The normalized spacial score (nSPS) is 12.5. The molecule has 1 heterocycles. The van der Waals surface area contributed by atoms with E-state index in [9.17, 15) is 0 Å². The van der Waals surface area contributed by atoms with Crippen LogP contribution in [0, 0.1) is 0 Å². The molecule has 0 amide bonds. The van der Waals surface area contributed by atoms with Gasteiger partial charge in [0.15, 0.2) is 0 Å². The van der Waals surface area contributed by atoms with Crippen molar-refractivity contribution in [2.75, 3.05) is 0 Å². The molecule has 0 aliphatic heterocycles. The van der Waals surface area contributed by atoms with Gasteiger partial charge in [0.1, 0.15) is 5.82 Å². The Hall–Kier alpha value is -1.61. The Morgan fingerprint density at radius 1 is 1.28 bits per heavy atom. The molecule has 3 heteroatoms. The van der Waals surface area contributed by atoms with Gasteiger partial charge in [-0.3, -0.25) is 0 Å². The minimum atomic E-state index is 0.413. The first-order valence-electron chi connectivity index (χ1n) is 6.66. The van der Waals surface area contributed by atoms with E-state index in [-0.39, 0.29) is 0 Å². The average molecular weight is 243 g/mol. The number of nitrogens with one attached hydrogen (secondary N) is 2. The van der Waals surface area contributed by atoms with Gasteiger partial charge in [-0.15, -0.1) is 0 Å². The van der Waals surface area contributed by atoms with Gasteiger partial charge in [0, 0.05) is 18.4 Å². The number of hydrogen-bond acceptors (Lipinski definition) is 2. The summed E-state index contributed by atoms with van der Waals surface area (Å²) in [7, 11) is 0. The second-order valence-electron chi connectivity index (χ2n) is 4.52. The van der Waals surface area contributed by atoms with Crippen molar-refractivity contribution in [3.63, 3.8) is 0 Å². The summed E-state index contributed by atoms with van der Waals surface area (Å²) in [6, 6.07) is 11.1. The summed E-state index contributed by atoms with van der Waals surface area (Å²) >= 11 is 0. The van der Waals surface area contributed by atoms with Crippen LogP contribution in [-0.4, -0.2) is 9.97 Å². The first kappa shape index (κ1) is 12.8. The van der Waals surface area contributed by atoms with E-state index >= 15 is 0 Å². The maximum absolute atomic E-state index is 4.24. The van der Waals surface area contributed by atoms with Crippen LogP contribution in [0.2, 0.25) is 0 Å². The van der Waals surface area contributed by atoms with Gasteiger partial charge in [-0.1, -0.05) is 50.1 Å². The van der Waals surface area contributed by atoms with Crippen molar-refractivity contribution in [1.82, 2.24) is 15.3 Å². The summed E-state index contributed by atoms with van der Waals surface area (Å²) in [5.41, 5.74) is 1.36. The Bertz CT molecular complexity index is 422. The minimum absolute atomic E-state index is 0.413. The molecule has 0 aliphatic rings. The molecule has 2 N–H and O–H groups in total. The van der Waals surface area contributed by atoms with Crippen molar-refractivity contribution in [2.24, 2.45) is 0 Å². The molecule has 1 aromatic heterocycles. The van der Waals surface area contributed by atoms with Crippen molar-refractivity contribution in [2.45, 2.75) is 38.8 Å². The highest BCUT2D eigenvalue weighted by molar-refractivity contribution is 5.18. The molecule has 0 spiro atoms. The molecular weight excluding hydrogens is 222 g/mol. The van der Waals surface area contributed by atoms with E-state index in [0.29, 0.717) is 6.04 Å². The van der Waals surface area contributed by atoms with Crippen molar-refractivity contribution in [1.29, 1.82) is 0 Å². The second-order valence-corrected chi connectivity index (χ2v) is 4.52. The van der Waals surface area contributed by atoms with E-state index < -0.39 is 0 Å². The van der Waals surface area contributed by atoms with Crippen LogP contribution >= 0.6 is 0 Å². The number of hydrogen-bond donors (Lipinski definition) is 2. The monoisotopic (exact) mass is 243 g/mol. The second kappa shape index (κ2) is 6.97. The number of aromatic nitrogens is 2. The molecular formula is C15H21N3. The number of nitrogens with zero attached hydrogens (tertiary/aromatic N) is 1. The maximum Gasteiger partial charge on any atom is 0.120 e. The van der Waals surface area contributed by atoms with E-state index in [1.165, 1.54) is 24.8 Å². The van der Waals surface area contributed by atoms with E-state index in [0.717, 1.165) is 12.4 Å². The zero-order valence-electron chi connectivity index (χ0n) is 10.9. The lowest BCUT2D eigenvalue weighted by molar-refractivity contribution is 0.474. The Labute approximate surface area is 109 Å². The van der Waals surface area contributed by atoms with Crippen LogP contribution in [0.1, 0.15) is 43.6 Å². The van der Waals surface area contributed by atoms with Crippen LogP contribution in [0.25, 0.3) is 0 Å². The third-order valence-electron chi connectivity index (χ3n) is 3.12. The van der Waals surface area contributed by atoms with Gasteiger partial charge in [-0.05, 0) is 12.0 Å². The van der Waals surface area contributed by atoms with E-state index in [1.54, 1.807) is 6.20 Å². The van der Waals surface area contributed by atoms with Crippen LogP contribution in [0.3, 0.4) is 0 Å². The molecule has 0 bridgehead atoms. The number of benzene rings is 1. The Morgan fingerprint density at radius 2 is 2.11 bits per heavy atom. The van der Waals surface area contributed by atoms with Crippen molar-refractivity contribution < 1.29 is 0 Å². The minimum Gasteiger partial charge on any atom is -0.348 e. The summed E-state index contributed by atoms with van der Waals surface area (Å²) in [5, 5.41) is 3.58. The molecule has 2 aromatic rings. The van der Waals surface area contributed by atoms with Crippen LogP contribution in [0.5, 0.6) is 0 Å². The Kier molecular flexibility index (Phi) is 4.97. The van der Waals surface area contributed by atoms with Crippen molar-refractivity contribution in [3.8, 4) is 0 Å². The fraction of sp³-hybridized carbons (Fsp3) is 0.400. The summed E-state index contributed by atoms with van der Waals surface area (Å²) in [4.78, 5) is 7.37. The molecule has 0 fully saturated rings. The lowest BCUT2D eigenvalue weighted by atomic mass is 10.0. The van der Waals surface area contributed by atoms with Gasteiger partial charge in [-0.25, -0.2) is 4.98 Å². The first-order chi connectivity index (χ1) is 8.90.